The second kappa shape index (κ2) is 33.1. The highest BCUT2D eigenvalue weighted by Crippen LogP contribution is 2.24. The molecule has 8 aromatic heterocycles. The number of amides is 3. The summed E-state index contributed by atoms with van der Waals surface area (Å²) < 4.78 is 0. The number of hydrogen-bond donors (Lipinski definition) is 6. The Morgan fingerprint density at radius 2 is 0.776 bits per heavy atom. The molecule has 0 spiro atoms. The van der Waals surface area contributed by atoms with Gasteiger partial charge in [-0.1, -0.05) is 90.1 Å². The largest absolute Gasteiger partial charge is 0.322 e. The number of fused-ring (bicyclic) bond motifs is 3. The average Bonchev–Trinajstić information content (AvgIpc) is 0.829. The third-order valence-corrected chi connectivity index (χ3v) is 17.4. The molecular formula is C89H69N11O7. The summed E-state index contributed by atoms with van der Waals surface area (Å²) in [5.74, 6) is 18.1. The molecule has 0 aliphatic heterocycles. The van der Waals surface area contributed by atoms with E-state index < -0.39 is 0 Å². The van der Waals surface area contributed by atoms with Gasteiger partial charge in [0.1, 0.15) is 22.6 Å². The van der Waals surface area contributed by atoms with Crippen LogP contribution < -0.4 is 32.6 Å². The number of aryl methyl sites for hydroxylation is 6. The van der Waals surface area contributed by atoms with Crippen molar-refractivity contribution in [1.82, 2.24) is 39.9 Å². The highest BCUT2D eigenvalue weighted by molar-refractivity contribution is 6.06. The summed E-state index contributed by atoms with van der Waals surface area (Å²) in [7, 11) is 0. The second-order valence-electron chi connectivity index (χ2n) is 25.6. The Balaban J connectivity index is 0.000000152. The van der Waals surface area contributed by atoms with E-state index in [1.807, 2.05) is 157 Å². The number of carbonyl (C=O) groups is 4. The number of hydrogen-bond acceptors (Lipinski definition) is 12. The van der Waals surface area contributed by atoms with Crippen molar-refractivity contribution in [3.05, 3.63) is 374 Å². The minimum atomic E-state index is -0.226. The molecule has 0 radical (unpaired) electrons. The summed E-state index contributed by atoms with van der Waals surface area (Å²) in [6, 6.07) is 58.6. The molecule has 0 fully saturated rings. The van der Waals surface area contributed by atoms with E-state index in [9.17, 15) is 33.6 Å². The summed E-state index contributed by atoms with van der Waals surface area (Å²) in [4.78, 5) is 114. The lowest BCUT2D eigenvalue weighted by atomic mass is 10.0. The van der Waals surface area contributed by atoms with Crippen molar-refractivity contribution >= 4 is 73.7 Å². The number of benzene rings is 6. The highest BCUT2D eigenvalue weighted by Gasteiger charge is 2.14. The lowest BCUT2D eigenvalue weighted by Gasteiger charge is -2.11. The maximum absolute atomic E-state index is 13.1. The monoisotopic (exact) mass is 1400 g/mol. The number of H-pyrrole nitrogens is 3. The van der Waals surface area contributed by atoms with Gasteiger partial charge in [0.2, 0.25) is 16.7 Å². The highest BCUT2D eigenvalue weighted by atomic mass is 16.2. The van der Waals surface area contributed by atoms with Crippen LogP contribution in [-0.4, -0.2) is 63.4 Å². The molecule has 0 saturated carbocycles. The molecule has 522 valence electrons. The van der Waals surface area contributed by atoms with E-state index in [1.165, 1.54) is 30.7 Å². The predicted octanol–water partition coefficient (Wildman–Crippen LogP) is 14.8. The van der Waals surface area contributed by atoms with Crippen molar-refractivity contribution < 1.29 is 19.2 Å². The van der Waals surface area contributed by atoms with E-state index in [0.717, 1.165) is 112 Å². The molecule has 18 heteroatoms. The molecule has 14 aromatic rings. The molecule has 0 unspecified atom stereocenters. The lowest BCUT2D eigenvalue weighted by molar-refractivity contribution is 0.100. The summed E-state index contributed by atoms with van der Waals surface area (Å²) in [5.41, 5.74) is 20.2. The number of nitrogens with one attached hydrogen (secondary N) is 6. The third kappa shape index (κ3) is 19.2. The molecule has 6 aromatic carbocycles. The van der Waals surface area contributed by atoms with Crippen molar-refractivity contribution in [2.45, 2.75) is 61.3 Å². The molecule has 0 bridgehead atoms. The number of carbonyl (C=O) groups excluding carboxylic acids is 4. The van der Waals surface area contributed by atoms with Gasteiger partial charge in [-0.15, -0.1) is 0 Å². The number of aromatic nitrogens is 8. The van der Waals surface area contributed by atoms with E-state index in [-0.39, 0.29) is 40.2 Å². The van der Waals surface area contributed by atoms with Crippen LogP contribution in [0.15, 0.2) is 246 Å². The lowest BCUT2D eigenvalue weighted by Crippen LogP contribution is -2.12. The number of nitrogens with zero attached hydrogens (tertiary/aromatic N) is 5. The van der Waals surface area contributed by atoms with E-state index in [0.29, 0.717) is 57.0 Å². The number of rotatable bonds is 11. The van der Waals surface area contributed by atoms with Crippen molar-refractivity contribution in [2.75, 3.05) is 16.0 Å². The van der Waals surface area contributed by atoms with Crippen LogP contribution in [0.1, 0.15) is 138 Å². The zero-order valence-electron chi connectivity index (χ0n) is 59.4. The molecule has 107 heavy (non-hydrogen) atoms. The van der Waals surface area contributed by atoms with Gasteiger partial charge < -0.3 is 30.9 Å². The van der Waals surface area contributed by atoms with Crippen molar-refractivity contribution in [2.24, 2.45) is 0 Å². The van der Waals surface area contributed by atoms with Crippen LogP contribution in [0.25, 0.3) is 33.1 Å². The average molecular weight is 1400 g/mol. The van der Waals surface area contributed by atoms with Gasteiger partial charge in [0.05, 0.1) is 0 Å². The zero-order chi connectivity index (χ0) is 75.1. The van der Waals surface area contributed by atoms with Crippen LogP contribution in [0.5, 0.6) is 0 Å². The Morgan fingerprint density at radius 3 is 1.14 bits per heavy atom. The zero-order valence-corrected chi connectivity index (χ0v) is 59.4. The molecule has 3 amide bonds. The molecule has 14 rings (SSSR count). The number of ketones is 1. The normalized spacial score (nSPS) is 10.5. The van der Waals surface area contributed by atoms with Crippen molar-refractivity contribution in [3.8, 4) is 35.5 Å². The van der Waals surface area contributed by atoms with Gasteiger partial charge in [-0.25, -0.2) is 15.0 Å². The molecule has 0 atom stereocenters. The second-order valence-corrected chi connectivity index (χ2v) is 25.6. The number of anilines is 3. The van der Waals surface area contributed by atoms with Crippen LogP contribution in [0.3, 0.4) is 0 Å². The number of pyridine rings is 8. The fourth-order valence-corrected chi connectivity index (χ4v) is 11.4. The Hall–Kier alpha value is -14.5. The van der Waals surface area contributed by atoms with Crippen LogP contribution in [0.4, 0.5) is 17.1 Å². The maximum atomic E-state index is 13.1. The Kier molecular flexibility index (Phi) is 22.3. The smallest absolute Gasteiger partial charge is 0.255 e. The summed E-state index contributed by atoms with van der Waals surface area (Å²) in [6.07, 6.45) is 11.7. The topological polar surface area (TPSA) is 267 Å². The van der Waals surface area contributed by atoms with Crippen LogP contribution in [-0.2, 0) is 12.8 Å². The SMILES string of the molecule is CC(=O)c1ccc(Cc2ccc(NC(=O)c3ccc(C)c(C#Cc4cnc5[nH]c(=O)ccc5c4)c3)cc2C)cn1.Cc1ccc(C(=O)Nc2ccc(Cc3cccnc3)c(C)c2)cc1C#Cc1cnc2[nH]c(=O)ccc2c1.Cc1cccc(NC(=O)c2ccc(C)c(C#Cc3cnc4[nH]c(=O)ccc4c3)c2)c1. The molecule has 8 heterocycles. The number of aromatic amines is 3. The molecular weight excluding hydrogens is 1340 g/mol. The summed E-state index contributed by atoms with van der Waals surface area (Å²) in [5, 5.41) is 11.3. The fourth-order valence-electron chi connectivity index (χ4n) is 11.4. The van der Waals surface area contributed by atoms with Crippen molar-refractivity contribution in [1.29, 1.82) is 0 Å². The quantitative estimate of drug-likeness (QED) is 0.0521. The third-order valence-electron chi connectivity index (χ3n) is 17.4. The van der Waals surface area contributed by atoms with Crippen LogP contribution in [0, 0.1) is 77.1 Å². The molecule has 18 nitrogen and oxygen atoms in total. The van der Waals surface area contributed by atoms with Gasteiger partial charge in [0, 0.05) is 146 Å². The van der Waals surface area contributed by atoms with Gasteiger partial charge in [-0.2, -0.15) is 0 Å². The van der Waals surface area contributed by atoms with Crippen LogP contribution >= 0.6 is 0 Å². The van der Waals surface area contributed by atoms with Crippen molar-refractivity contribution in [3.63, 3.8) is 0 Å². The molecule has 6 N–H and O–H groups in total. The first-order valence-corrected chi connectivity index (χ1v) is 34.1. The first-order chi connectivity index (χ1) is 51.7. The molecule has 0 aliphatic rings. The molecule has 0 saturated heterocycles. The summed E-state index contributed by atoms with van der Waals surface area (Å²) >= 11 is 0. The Labute approximate surface area is 616 Å². The van der Waals surface area contributed by atoms with E-state index in [2.05, 4.69) is 97.4 Å². The minimum absolute atomic E-state index is 0.0580. The van der Waals surface area contributed by atoms with Gasteiger partial charge in [-0.05, 0) is 231 Å². The standard InChI is InChI=1S/C33H26N4O3.C31H24N4O2.C25H19N3O2/c1-20-4-7-28(17-26(20)8-5-23-16-27-10-13-31(39)37-32(27)35-19-23)33(40)36-29-11-9-25(21(2)14-29)15-24-6-12-30(22(3)38)34-18-24;1-20-5-7-27(17-25(20)8-6-23-16-26-10-12-29(36)35-30(26)33-19-23)31(37)34-28-11-9-24(21(2)14-28)15-22-4-3-13-32-18-22;1-16-4-3-5-22(12-16)27-25(30)21-8-6-17(2)19(14-21)9-7-18-13-20-10-11-23(29)28-24(20)26-15-18/h4,6-7,9-14,16-19H,15H2,1-3H3,(H,36,40)(H,35,37,39);3-5,7,9-14,16-19H,15H2,1-2H3,(H,34,37)(H,33,35,36);3-6,8,10-15H,1-2H3,(H,27,30)(H,26,28,29). The van der Waals surface area contributed by atoms with E-state index >= 15 is 0 Å². The Morgan fingerprint density at radius 1 is 0.364 bits per heavy atom. The minimum Gasteiger partial charge on any atom is -0.322 e. The predicted molar refractivity (Wildman–Crippen MR) is 420 cm³/mol. The fraction of sp³-hybridized carbons (Fsp3) is 0.101. The maximum Gasteiger partial charge on any atom is 0.255 e. The first kappa shape index (κ1) is 72.3. The van der Waals surface area contributed by atoms with Gasteiger partial charge >= 0.3 is 0 Å². The van der Waals surface area contributed by atoms with E-state index in [4.69, 9.17) is 0 Å². The number of Topliss-reactive ketones (excluding diaryl/α,β-unsaturated/α-hetero) is 1. The van der Waals surface area contributed by atoms with Crippen LogP contribution in [0.2, 0.25) is 0 Å². The molecule has 0 aliphatic carbocycles. The first-order valence-electron chi connectivity index (χ1n) is 34.1. The van der Waals surface area contributed by atoms with E-state index in [1.54, 1.807) is 91.6 Å². The van der Waals surface area contributed by atoms with Gasteiger partial charge in [-0.3, -0.25) is 43.5 Å². The Bertz CT molecular complexity index is 6220. The summed E-state index contributed by atoms with van der Waals surface area (Å²) in [6.45, 7) is 13.4. The van der Waals surface area contributed by atoms with Gasteiger partial charge in [0.25, 0.3) is 17.7 Å². The van der Waals surface area contributed by atoms with Gasteiger partial charge in [0.15, 0.2) is 5.78 Å².